The molecule has 5 nitrogen and oxygen atoms in total. The minimum atomic E-state index is -4.86. The number of alkyl halides is 3. The molecule has 2 N–H and O–H groups in total. The van der Waals surface area contributed by atoms with Gasteiger partial charge in [-0.3, -0.25) is 0 Å². The van der Waals surface area contributed by atoms with Gasteiger partial charge in [0.25, 0.3) is 0 Å². The zero-order chi connectivity index (χ0) is 17.0. The van der Waals surface area contributed by atoms with Gasteiger partial charge in [0.15, 0.2) is 0 Å². The van der Waals surface area contributed by atoms with Crippen molar-refractivity contribution in [1.82, 2.24) is 4.98 Å². The molecule has 0 spiro atoms. The minimum Gasteiger partial charge on any atom is -0.406 e. The largest absolute Gasteiger partial charge is 0.573 e. The van der Waals surface area contributed by atoms with Crippen LogP contribution < -0.4 is 15.4 Å². The van der Waals surface area contributed by atoms with E-state index in [1.807, 2.05) is 0 Å². The number of hydrogen-bond acceptors (Lipinski definition) is 3. The van der Waals surface area contributed by atoms with Crippen LogP contribution in [-0.2, 0) is 0 Å². The fourth-order valence-corrected chi connectivity index (χ4v) is 2.00. The minimum absolute atomic E-state index is 0.0226. The number of hydrogen-bond donors (Lipinski definition) is 2. The van der Waals surface area contributed by atoms with Gasteiger partial charge < -0.3 is 15.4 Å². The Morgan fingerprint density at radius 3 is 2.43 bits per heavy atom. The van der Waals surface area contributed by atoms with E-state index >= 15 is 0 Å². The van der Waals surface area contributed by atoms with Crippen LogP contribution in [0.15, 0.2) is 36.5 Å². The van der Waals surface area contributed by atoms with Gasteiger partial charge in [0, 0.05) is 28.7 Å². The topological polar surface area (TPSA) is 63.2 Å². The first-order valence-electron chi connectivity index (χ1n) is 5.97. The second-order valence-corrected chi connectivity index (χ2v) is 4.99. The van der Waals surface area contributed by atoms with Crippen molar-refractivity contribution in [3.63, 3.8) is 0 Å². The molecule has 23 heavy (non-hydrogen) atoms. The van der Waals surface area contributed by atoms with Gasteiger partial charge in [-0.15, -0.1) is 13.2 Å². The number of pyridine rings is 1. The highest BCUT2D eigenvalue weighted by Gasteiger charge is 2.31. The smallest absolute Gasteiger partial charge is 0.406 e. The molecule has 122 valence electrons. The summed E-state index contributed by atoms with van der Waals surface area (Å²) in [6.45, 7) is 0. The van der Waals surface area contributed by atoms with Crippen LogP contribution in [-0.4, -0.2) is 17.4 Å². The lowest BCUT2D eigenvalue weighted by atomic mass is 10.3. The van der Waals surface area contributed by atoms with Crippen LogP contribution in [0.2, 0.25) is 10.2 Å². The first-order valence-corrected chi connectivity index (χ1v) is 6.73. The Labute approximate surface area is 138 Å². The Morgan fingerprint density at radius 2 is 1.78 bits per heavy atom. The van der Waals surface area contributed by atoms with Crippen LogP contribution in [0.4, 0.5) is 29.3 Å². The molecular weight excluding hydrogens is 358 g/mol. The van der Waals surface area contributed by atoms with E-state index in [0.29, 0.717) is 5.69 Å². The zero-order valence-electron chi connectivity index (χ0n) is 11.1. The lowest BCUT2D eigenvalue weighted by Crippen LogP contribution is -2.20. The molecule has 2 aromatic rings. The summed E-state index contributed by atoms with van der Waals surface area (Å²) in [4.78, 5) is 15.6. The van der Waals surface area contributed by atoms with Gasteiger partial charge in [0.05, 0.1) is 0 Å². The van der Waals surface area contributed by atoms with Crippen molar-refractivity contribution in [2.75, 3.05) is 10.6 Å². The van der Waals surface area contributed by atoms with Gasteiger partial charge in [-0.1, -0.05) is 23.2 Å². The molecule has 1 heterocycles. The standard InChI is InChI=1S/C13H8Cl2F3N3O2/c14-7-3-9(5-10(4-7)23-13(16,17)18)21-12(22)20-8-1-2-19-11(15)6-8/h1-6H,(H2,19,20,21,22). The highest BCUT2D eigenvalue weighted by molar-refractivity contribution is 6.31. The Bertz CT molecular complexity index is 726. The molecule has 2 amide bonds. The highest BCUT2D eigenvalue weighted by Crippen LogP contribution is 2.29. The lowest BCUT2D eigenvalue weighted by molar-refractivity contribution is -0.274. The van der Waals surface area contributed by atoms with E-state index in [-0.39, 0.29) is 15.9 Å². The number of nitrogens with zero attached hydrogens (tertiary/aromatic N) is 1. The molecule has 0 aliphatic carbocycles. The van der Waals surface area contributed by atoms with Crippen LogP contribution in [0.1, 0.15) is 0 Å². The maximum absolute atomic E-state index is 12.2. The van der Waals surface area contributed by atoms with Crippen molar-refractivity contribution in [3.05, 3.63) is 46.7 Å². The number of anilines is 2. The molecule has 0 fully saturated rings. The Kier molecular flexibility index (Phi) is 5.17. The summed E-state index contributed by atoms with van der Waals surface area (Å²) in [7, 11) is 0. The molecule has 10 heteroatoms. The molecule has 0 bridgehead atoms. The monoisotopic (exact) mass is 365 g/mol. The molecule has 1 aromatic carbocycles. The summed E-state index contributed by atoms with van der Waals surface area (Å²) in [6.07, 6.45) is -3.48. The van der Waals surface area contributed by atoms with Gasteiger partial charge >= 0.3 is 12.4 Å². The molecule has 2 rings (SSSR count). The van der Waals surface area contributed by atoms with Crippen molar-refractivity contribution in [3.8, 4) is 5.75 Å². The van der Waals surface area contributed by atoms with Crippen LogP contribution in [0.5, 0.6) is 5.75 Å². The summed E-state index contributed by atoms with van der Waals surface area (Å²) in [6, 6.07) is 5.41. The van der Waals surface area contributed by atoms with Gasteiger partial charge in [0.2, 0.25) is 0 Å². The first-order chi connectivity index (χ1) is 10.7. The number of amides is 2. The van der Waals surface area contributed by atoms with Crippen molar-refractivity contribution in [1.29, 1.82) is 0 Å². The van der Waals surface area contributed by atoms with E-state index in [9.17, 15) is 18.0 Å². The second-order valence-electron chi connectivity index (χ2n) is 4.17. The summed E-state index contributed by atoms with van der Waals surface area (Å²) < 4.78 is 40.4. The number of urea groups is 1. The van der Waals surface area contributed by atoms with Crippen LogP contribution in [0.25, 0.3) is 0 Å². The Morgan fingerprint density at radius 1 is 1.09 bits per heavy atom. The van der Waals surface area contributed by atoms with Crippen molar-refractivity contribution in [2.24, 2.45) is 0 Å². The van der Waals surface area contributed by atoms with Gasteiger partial charge in [-0.2, -0.15) is 0 Å². The third-order valence-corrected chi connectivity index (χ3v) is 2.77. The summed E-state index contributed by atoms with van der Waals surface area (Å²) in [5.74, 6) is -0.549. The average Bonchev–Trinajstić information content (AvgIpc) is 2.35. The molecule has 0 aliphatic rings. The van der Waals surface area contributed by atoms with E-state index < -0.39 is 18.1 Å². The maximum atomic E-state index is 12.2. The fourth-order valence-electron chi connectivity index (χ4n) is 1.60. The molecule has 1 aromatic heterocycles. The predicted octanol–water partition coefficient (Wildman–Crippen LogP) is 4.93. The predicted molar refractivity (Wildman–Crippen MR) is 80.0 cm³/mol. The lowest BCUT2D eigenvalue weighted by Gasteiger charge is -2.12. The SMILES string of the molecule is O=C(Nc1cc(Cl)cc(OC(F)(F)F)c1)Nc1ccnc(Cl)c1. The van der Waals surface area contributed by atoms with E-state index in [2.05, 4.69) is 20.4 Å². The number of carbonyl (C=O) groups excluding carboxylic acids is 1. The number of aromatic nitrogens is 1. The molecule has 0 saturated heterocycles. The number of nitrogens with one attached hydrogen (secondary N) is 2. The quantitative estimate of drug-likeness (QED) is 0.757. The number of ether oxygens (including phenoxy) is 1. The Hall–Kier alpha value is -2.19. The van der Waals surface area contributed by atoms with Gasteiger partial charge in [0.1, 0.15) is 10.9 Å². The average molecular weight is 366 g/mol. The van der Waals surface area contributed by atoms with Crippen molar-refractivity contribution < 1.29 is 22.7 Å². The fraction of sp³-hybridized carbons (Fsp3) is 0.0769. The van der Waals surface area contributed by atoms with E-state index in [4.69, 9.17) is 23.2 Å². The zero-order valence-corrected chi connectivity index (χ0v) is 12.6. The summed E-state index contributed by atoms with van der Waals surface area (Å²) in [5.41, 5.74) is 0.380. The van der Waals surface area contributed by atoms with E-state index in [1.54, 1.807) is 0 Å². The number of halogens is 5. The molecular formula is C13H8Cl2F3N3O2. The summed E-state index contributed by atoms with van der Waals surface area (Å²) >= 11 is 11.4. The van der Waals surface area contributed by atoms with Crippen molar-refractivity contribution in [2.45, 2.75) is 6.36 Å². The molecule has 0 unspecified atom stereocenters. The molecule has 0 saturated carbocycles. The normalized spacial score (nSPS) is 11.0. The van der Waals surface area contributed by atoms with Crippen LogP contribution >= 0.6 is 23.2 Å². The van der Waals surface area contributed by atoms with Gasteiger partial charge in [-0.05, 0) is 24.3 Å². The van der Waals surface area contributed by atoms with Crippen LogP contribution in [0.3, 0.4) is 0 Å². The molecule has 0 aliphatic heterocycles. The Balaban J connectivity index is 2.08. The van der Waals surface area contributed by atoms with Crippen LogP contribution in [0, 0.1) is 0 Å². The number of carbonyl (C=O) groups is 1. The van der Waals surface area contributed by atoms with Gasteiger partial charge in [-0.25, -0.2) is 9.78 Å². The molecule has 0 radical (unpaired) electrons. The summed E-state index contributed by atoms with van der Waals surface area (Å²) in [5, 5.41) is 4.91. The van der Waals surface area contributed by atoms with Crippen molar-refractivity contribution >= 4 is 40.6 Å². The van der Waals surface area contributed by atoms with E-state index in [0.717, 1.165) is 12.1 Å². The third kappa shape index (κ3) is 5.84. The highest BCUT2D eigenvalue weighted by atomic mass is 35.5. The third-order valence-electron chi connectivity index (χ3n) is 2.35. The number of benzene rings is 1. The first kappa shape index (κ1) is 17.2. The van der Waals surface area contributed by atoms with E-state index in [1.165, 1.54) is 24.4 Å². The second kappa shape index (κ2) is 6.93. The number of rotatable bonds is 3. The maximum Gasteiger partial charge on any atom is 0.573 e. The molecule has 0 atom stereocenters.